The molecule has 7 nitrogen and oxygen atoms in total. The number of amides is 2. The smallest absolute Gasteiger partial charge is 0.320 e. The zero-order valence-corrected chi connectivity index (χ0v) is 12.6. The number of hydrogen-bond acceptors (Lipinski definition) is 5. The lowest BCUT2D eigenvalue weighted by Crippen LogP contribution is -2.28. The van der Waals surface area contributed by atoms with Crippen LogP contribution in [-0.4, -0.2) is 21.2 Å². The third-order valence-electron chi connectivity index (χ3n) is 2.86. The van der Waals surface area contributed by atoms with Crippen LogP contribution in [0.15, 0.2) is 53.2 Å². The van der Waals surface area contributed by atoms with Gasteiger partial charge >= 0.3 is 6.03 Å². The minimum absolute atomic E-state index is 0.103. The van der Waals surface area contributed by atoms with Gasteiger partial charge in [-0.2, -0.15) is 4.98 Å². The molecule has 0 unspecified atom stereocenters. The summed E-state index contributed by atoms with van der Waals surface area (Å²) in [5.41, 5.74) is 0.741. The molecule has 3 rings (SSSR count). The van der Waals surface area contributed by atoms with E-state index in [1.54, 1.807) is 42.6 Å². The topological polar surface area (TPSA) is 92.9 Å². The van der Waals surface area contributed by atoms with E-state index >= 15 is 0 Å². The second-order valence-corrected chi connectivity index (χ2v) is 4.98. The Morgan fingerprint density at radius 3 is 2.91 bits per heavy atom. The predicted molar refractivity (Wildman–Crippen MR) is 84.8 cm³/mol. The number of carbonyl (C=O) groups is 1. The number of halogens is 1. The Hall–Kier alpha value is -2.93. The molecule has 3 aromatic rings. The molecule has 2 aromatic heterocycles. The zero-order chi connectivity index (χ0) is 16.1. The first kappa shape index (κ1) is 15.0. The molecule has 0 aliphatic carbocycles. The van der Waals surface area contributed by atoms with E-state index in [0.29, 0.717) is 16.7 Å². The van der Waals surface area contributed by atoms with Gasteiger partial charge < -0.3 is 9.84 Å². The van der Waals surface area contributed by atoms with Gasteiger partial charge in [0.25, 0.3) is 0 Å². The summed E-state index contributed by atoms with van der Waals surface area (Å²) >= 11 is 5.92. The minimum atomic E-state index is -0.411. The standard InChI is InChI=1S/C15H12ClN5O2/c16-11-5-3-4-10(8-11)14-20-13(23-21-14)9-18-15(22)19-12-6-1-2-7-17-12/h1-8H,9H2,(H2,17,18,19,22). The number of hydrogen-bond donors (Lipinski definition) is 2. The van der Waals surface area contributed by atoms with E-state index in [2.05, 4.69) is 25.8 Å². The molecule has 2 N–H and O–H groups in total. The van der Waals surface area contributed by atoms with Crippen LogP contribution >= 0.6 is 11.6 Å². The van der Waals surface area contributed by atoms with Crippen molar-refractivity contribution in [2.24, 2.45) is 0 Å². The molecule has 0 bridgehead atoms. The monoisotopic (exact) mass is 329 g/mol. The number of nitrogens with one attached hydrogen (secondary N) is 2. The average molecular weight is 330 g/mol. The van der Waals surface area contributed by atoms with Crippen molar-refractivity contribution in [2.45, 2.75) is 6.54 Å². The molecule has 0 saturated carbocycles. The number of carbonyl (C=O) groups excluding carboxylic acids is 1. The summed E-state index contributed by atoms with van der Waals surface area (Å²) in [6.45, 7) is 0.103. The highest BCUT2D eigenvalue weighted by molar-refractivity contribution is 6.30. The van der Waals surface area contributed by atoms with Crippen LogP contribution in [0.25, 0.3) is 11.4 Å². The van der Waals surface area contributed by atoms with Crippen molar-refractivity contribution in [1.29, 1.82) is 0 Å². The van der Waals surface area contributed by atoms with Crippen LogP contribution in [0, 0.1) is 0 Å². The highest BCUT2D eigenvalue weighted by Gasteiger charge is 2.10. The van der Waals surface area contributed by atoms with Crippen LogP contribution in [0.3, 0.4) is 0 Å². The van der Waals surface area contributed by atoms with Crippen molar-refractivity contribution < 1.29 is 9.32 Å². The minimum Gasteiger partial charge on any atom is -0.337 e. The van der Waals surface area contributed by atoms with Crippen molar-refractivity contribution in [3.05, 3.63) is 59.6 Å². The molecule has 0 fully saturated rings. The summed E-state index contributed by atoms with van der Waals surface area (Å²) in [5.74, 6) is 1.15. The molecule has 2 heterocycles. The molecule has 2 amide bonds. The second kappa shape index (κ2) is 6.89. The highest BCUT2D eigenvalue weighted by Crippen LogP contribution is 2.19. The van der Waals surface area contributed by atoms with Gasteiger partial charge in [-0.3, -0.25) is 5.32 Å². The Morgan fingerprint density at radius 1 is 1.22 bits per heavy atom. The molecule has 0 radical (unpaired) electrons. The van der Waals surface area contributed by atoms with Crippen LogP contribution < -0.4 is 10.6 Å². The van der Waals surface area contributed by atoms with Crippen molar-refractivity contribution in [1.82, 2.24) is 20.4 Å². The molecule has 0 atom stereocenters. The maximum absolute atomic E-state index is 11.7. The lowest BCUT2D eigenvalue weighted by molar-refractivity contribution is 0.249. The SMILES string of the molecule is O=C(NCc1nc(-c2cccc(Cl)c2)no1)Nc1ccccn1. The van der Waals surface area contributed by atoms with Gasteiger partial charge in [0.2, 0.25) is 11.7 Å². The summed E-state index contributed by atoms with van der Waals surface area (Å²) in [6, 6.07) is 11.9. The van der Waals surface area contributed by atoms with E-state index in [-0.39, 0.29) is 12.4 Å². The fourth-order valence-corrected chi connectivity index (χ4v) is 2.01. The summed E-state index contributed by atoms with van der Waals surface area (Å²) in [6.07, 6.45) is 1.59. The number of nitrogens with zero attached hydrogens (tertiary/aromatic N) is 3. The number of urea groups is 1. The average Bonchev–Trinajstić information content (AvgIpc) is 3.03. The maximum atomic E-state index is 11.7. The zero-order valence-electron chi connectivity index (χ0n) is 11.9. The summed E-state index contributed by atoms with van der Waals surface area (Å²) < 4.78 is 5.10. The number of rotatable bonds is 4. The fraction of sp³-hybridized carbons (Fsp3) is 0.0667. The number of anilines is 1. The Morgan fingerprint density at radius 2 is 2.13 bits per heavy atom. The first-order valence-corrected chi connectivity index (χ1v) is 7.13. The first-order valence-electron chi connectivity index (χ1n) is 6.75. The van der Waals surface area contributed by atoms with Gasteiger partial charge in [0, 0.05) is 16.8 Å². The lowest BCUT2D eigenvalue weighted by Gasteiger charge is -2.04. The Bertz CT molecular complexity index is 806. The third-order valence-corrected chi connectivity index (χ3v) is 3.09. The van der Waals surface area contributed by atoms with Crippen LogP contribution in [-0.2, 0) is 6.54 Å². The van der Waals surface area contributed by atoms with E-state index in [1.807, 2.05) is 6.07 Å². The summed E-state index contributed by atoms with van der Waals surface area (Å²) in [7, 11) is 0. The van der Waals surface area contributed by atoms with Crippen LogP contribution in [0.2, 0.25) is 5.02 Å². The largest absolute Gasteiger partial charge is 0.337 e. The number of benzene rings is 1. The van der Waals surface area contributed by atoms with Gasteiger partial charge in [0.1, 0.15) is 5.82 Å². The van der Waals surface area contributed by atoms with E-state index < -0.39 is 6.03 Å². The first-order chi connectivity index (χ1) is 11.2. The lowest BCUT2D eigenvalue weighted by atomic mass is 10.2. The predicted octanol–water partition coefficient (Wildman–Crippen LogP) is 3.11. The molecule has 116 valence electrons. The van der Waals surface area contributed by atoms with Gasteiger partial charge in [-0.25, -0.2) is 9.78 Å². The molecule has 8 heteroatoms. The Kier molecular flexibility index (Phi) is 4.49. The van der Waals surface area contributed by atoms with Crippen LogP contribution in [0.4, 0.5) is 10.6 Å². The van der Waals surface area contributed by atoms with E-state index in [1.165, 1.54) is 0 Å². The molecule has 0 aliphatic rings. The van der Waals surface area contributed by atoms with Crippen molar-refractivity contribution in [3.63, 3.8) is 0 Å². The van der Waals surface area contributed by atoms with Crippen molar-refractivity contribution in [3.8, 4) is 11.4 Å². The maximum Gasteiger partial charge on any atom is 0.320 e. The van der Waals surface area contributed by atoms with Crippen molar-refractivity contribution in [2.75, 3.05) is 5.32 Å². The second-order valence-electron chi connectivity index (χ2n) is 4.54. The molecule has 0 aliphatic heterocycles. The number of aromatic nitrogens is 3. The normalized spacial score (nSPS) is 10.3. The molecule has 0 saturated heterocycles. The molecular weight excluding hydrogens is 318 g/mol. The molecular formula is C15H12ClN5O2. The van der Waals surface area contributed by atoms with E-state index in [9.17, 15) is 4.79 Å². The highest BCUT2D eigenvalue weighted by atomic mass is 35.5. The van der Waals surface area contributed by atoms with Gasteiger partial charge in [-0.1, -0.05) is 35.0 Å². The number of pyridine rings is 1. The van der Waals surface area contributed by atoms with E-state index in [0.717, 1.165) is 5.56 Å². The van der Waals surface area contributed by atoms with Crippen LogP contribution in [0.1, 0.15) is 5.89 Å². The molecule has 0 spiro atoms. The quantitative estimate of drug-likeness (QED) is 0.767. The Balaban J connectivity index is 1.58. The van der Waals surface area contributed by atoms with Gasteiger partial charge in [-0.15, -0.1) is 0 Å². The van der Waals surface area contributed by atoms with E-state index in [4.69, 9.17) is 16.1 Å². The summed E-state index contributed by atoms with van der Waals surface area (Å²) in [4.78, 5) is 19.9. The van der Waals surface area contributed by atoms with Crippen molar-refractivity contribution >= 4 is 23.4 Å². The van der Waals surface area contributed by atoms with Gasteiger partial charge in [0.15, 0.2) is 0 Å². The fourth-order valence-electron chi connectivity index (χ4n) is 1.82. The van der Waals surface area contributed by atoms with Crippen LogP contribution in [0.5, 0.6) is 0 Å². The Labute approximate surface area is 136 Å². The van der Waals surface area contributed by atoms with Gasteiger partial charge in [0.05, 0.1) is 6.54 Å². The molecule has 1 aromatic carbocycles. The third kappa shape index (κ3) is 4.04. The molecule has 23 heavy (non-hydrogen) atoms. The summed E-state index contributed by atoms with van der Waals surface area (Å²) in [5, 5.41) is 9.65. The van der Waals surface area contributed by atoms with Gasteiger partial charge in [-0.05, 0) is 24.3 Å².